The number of aromatic nitrogens is 2. The van der Waals surface area contributed by atoms with Crippen molar-refractivity contribution in [1.29, 1.82) is 0 Å². The Bertz CT molecular complexity index is 835. The third kappa shape index (κ3) is 2.12. The molecule has 0 aliphatic rings. The van der Waals surface area contributed by atoms with Crippen LogP contribution < -0.4 is 5.69 Å². The van der Waals surface area contributed by atoms with Crippen LogP contribution in [0.3, 0.4) is 0 Å². The lowest BCUT2D eigenvalue weighted by Gasteiger charge is -2.12. The van der Waals surface area contributed by atoms with Gasteiger partial charge in [-0.25, -0.2) is 9.18 Å². The highest BCUT2D eigenvalue weighted by Gasteiger charge is 2.13. The lowest BCUT2D eigenvalue weighted by Crippen LogP contribution is -2.01. The van der Waals surface area contributed by atoms with Crippen LogP contribution in [-0.2, 0) is 0 Å². The van der Waals surface area contributed by atoms with Crippen molar-refractivity contribution in [2.45, 2.75) is 13.0 Å². The van der Waals surface area contributed by atoms with Crippen LogP contribution in [0.15, 0.2) is 41.2 Å². The fourth-order valence-corrected chi connectivity index (χ4v) is 2.19. The predicted octanol–water partition coefficient (Wildman–Crippen LogP) is 2.39. The Morgan fingerprint density at radius 2 is 1.70 bits per heavy atom. The van der Waals surface area contributed by atoms with E-state index in [1.807, 2.05) is 0 Å². The molecule has 3 N–H and O–H groups in total. The Labute approximate surface area is 113 Å². The fraction of sp³-hybridized carbons (Fsp3) is 0.133. The molecule has 0 aliphatic carbocycles. The van der Waals surface area contributed by atoms with Crippen molar-refractivity contribution in [2.75, 3.05) is 0 Å². The number of aliphatic hydroxyl groups excluding tert-OH is 1. The molecule has 0 amide bonds. The van der Waals surface area contributed by atoms with Gasteiger partial charge in [-0.2, -0.15) is 0 Å². The number of nitrogens with one attached hydrogen (secondary N) is 2. The molecular weight excluding hydrogens is 259 g/mol. The SMILES string of the molecule is Cc1ccc(C(O)c2ccc3[nH]c(=O)[nH]c3c2)cc1F. The molecule has 1 aromatic heterocycles. The number of aliphatic hydroxyl groups is 1. The number of H-pyrrole nitrogens is 2. The molecule has 0 aliphatic heterocycles. The smallest absolute Gasteiger partial charge is 0.323 e. The Morgan fingerprint density at radius 3 is 2.45 bits per heavy atom. The van der Waals surface area contributed by atoms with Crippen LogP contribution in [0.5, 0.6) is 0 Å². The third-order valence-electron chi connectivity index (χ3n) is 3.37. The van der Waals surface area contributed by atoms with Crippen molar-refractivity contribution >= 4 is 11.0 Å². The minimum atomic E-state index is -0.937. The minimum absolute atomic E-state index is 0.298. The summed E-state index contributed by atoms with van der Waals surface area (Å²) in [6.45, 7) is 1.67. The zero-order valence-electron chi connectivity index (χ0n) is 10.8. The van der Waals surface area contributed by atoms with Crippen LogP contribution in [0.4, 0.5) is 4.39 Å². The van der Waals surface area contributed by atoms with Gasteiger partial charge < -0.3 is 15.1 Å². The van der Waals surface area contributed by atoms with Gasteiger partial charge in [0.25, 0.3) is 0 Å². The predicted molar refractivity (Wildman–Crippen MR) is 74.1 cm³/mol. The zero-order chi connectivity index (χ0) is 14.3. The standard InChI is InChI=1S/C15H13FN2O2/c1-8-2-3-9(6-11(8)16)14(19)10-4-5-12-13(7-10)18-15(20)17-12/h2-7,14,19H,1H3,(H2,17,18,20). The van der Waals surface area contributed by atoms with E-state index in [1.165, 1.54) is 6.07 Å². The Kier molecular flexibility index (Phi) is 2.91. The molecule has 0 saturated carbocycles. The van der Waals surface area contributed by atoms with E-state index in [4.69, 9.17) is 0 Å². The monoisotopic (exact) mass is 272 g/mol. The molecule has 5 heteroatoms. The highest BCUT2D eigenvalue weighted by Crippen LogP contribution is 2.25. The summed E-state index contributed by atoms with van der Waals surface area (Å²) in [5.41, 5.74) is 2.58. The maximum atomic E-state index is 13.5. The summed E-state index contributed by atoms with van der Waals surface area (Å²) in [7, 11) is 0. The van der Waals surface area contributed by atoms with Gasteiger partial charge in [-0.3, -0.25) is 0 Å². The number of hydrogen-bond donors (Lipinski definition) is 3. The lowest BCUT2D eigenvalue weighted by molar-refractivity contribution is 0.220. The first-order valence-electron chi connectivity index (χ1n) is 6.20. The fourth-order valence-electron chi connectivity index (χ4n) is 2.19. The van der Waals surface area contributed by atoms with E-state index in [0.29, 0.717) is 27.7 Å². The van der Waals surface area contributed by atoms with Crippen LogP contribution in [0.1, 0.15) is 22.8 Å². The molecule has 1 heterocycles. The quantitative estimate of drug-likeness (QED) is 0.670. The largest absolute Gasteiger partial charge is 0.384 e. The molecule has 102 valence electrons. The number of halogens is 1. The summed E-state index contributed by atoms with van der Waals surface area (Å²) >= 11 is 0. The minimum Gasteiger partial charge on any atom is -0.384 e. The van der Waals surface area contributed by atoms with Gasteiger partial charge in [0.1, 0.15) is 11.9 Å². The van der Waals surface area contributed by atoms with Crippen molar-refractivity contribution < 1.29 is 9.50 Å². The van der Waals surface area contributed by atoms with Crippen molar-refractivity contribution in [3.05, 3.63) is 69.4 Å². The van der Waals surface area contributed by atoms with Crippen LogP contribution in [0.2, 0.25) is 0 Å². The number of aryl methyl sites for hydroxylation is 1. The maximum Gasteiger partial charge on any atom is 0.323 e. The van der Waals surface area contributed by atoms with Crippen molar-refractivity contribution in [2.24, 2.45) is 0 Å². The first-order chi connectivity index (χ1) is 9.54. The van der Waals surface area contributed by atoms with Crippen molar-refractivity contribution in [3.8, 4) is 0 Å². The van der Waals surface area contributed by atoms with Crippen LogP contribution >= 0.6 is 0 Å². The first-order valence-corrected chi connectivity index (χ1v) is 6.20. The molecule has 1 atom stereocenters. The average molecular weight is 272 g/mol. The second-order valence-electron chi connectivity index (χ2n) is 4.80. The molecule has 3 aromatic rings. The van der Waals surface area contributed by atoms with Gasteiger partial charge in [-0.1, -0.05) is 18.2 Å². The lowest BCUT2D eigenvalue weighted by atomic mass is 10.00. The van der Waals surface area contributed by atoms with Gasteiger partial charge in [0, 0.05) is 0 Å². The molecule has 4 nitrogen and oxygen atoms in total. The number of rotatable bonds is 2. The van der Waals surface area contributed by atoms with E-state index in [1.54, 1.807) is 37.3 Å². The molecule has 0 radical (unpaired) electrons. The average Bonchev–Trinajstić information content (AvgIpc) is 2.80. The Hall–Kier alpha value is -2.40. The Morgan fingerprint density at radius 1 is 1.05 bits per heavy atom. The van der Waals surface area contributed by atoms with Crippen LogP contribution in [0, 0.1) is 12.7 Å². The summed E-state index contributed by atoms with van der Waals surface area (Å²) in [6, 6.07) is 9.72. The second-order valence-corrected chi connectivity index (χ2v) is 4.80. The summed E-state index contributed by atoms with van der Waals surface area (Å²) in [5.74, 6) is -0.349. The van der Waals surface area contributed by atoms with Crippen molar-refractivity contribution in [1.82, 2.24) is 9.97 Å². The normalized spacial score (nSPS) is 12.8. The van der Waals surface area contributed by atoms with Gasteiger partial charge in [0.05, 0.1) is 11.0 Å². The number of fused-ring (bicyclic) bond motifs is 1. The van der Waals surface area contributed by atoms with E-state index in [2.05, 4.69) is 9.97 Å². The first kappa shape index (κ1) is 12.6. The van der Waals surface area contributed by atoms with Gasteiger partial charge >= 0.3 is 5.69 Å². The zero-order valence-corrected chi connectivity index (χ0v) is 10.8. The number of aromatic amines is 2. The summed E-state index contributed by atoms with van der Waals surface area (Å²) in [5, 5.41) is 10.3. The maximum absolute atomic E-state index is 13.5. The summed E-state index contributed by atoms with van der Waals surface area (Å²) in [6.07, 6.45) is -0.937. The second kappa shape index (κ2) is 4.61. The van der Waals surface area contributed by atoms with Gasteiger partial charge in [0.15, 0.2) is 0 Å². The number of benzene rings is 2. The summed E-state index contributed by atoms with van der Waals surface area (Å²) < 4.78 is 13.5. The van der Waals surface area contributed by atoms with Crippen LogP contribution in [-0.4, -0.2) is 15.1 Å². The third-order valence-corrected chi connectivity index (χ3v) is 3.37. The molecular formula is C15H13FN2O2. The van der Waals surface area contributed by atoms with Gasteiger partial charge in [0.2, 0.25) is 0 Å². The molecule has 20 heavy (non-hydrogen) atoms. The number of imidazole rings is 1. The van der Waals surface area contributed by atoms with E-state index in [9.17, 15) is 14.3 Å². The van der Waals surface area contributed by atoms with Gasteiger partial charge in [-0.15, -0.1) is 0 Å². The van der Waals surface area contributed by atoms with Gasteiger partial charge in [-0.05, 0) is 41.8 Å². The molecule has 1 unspecified atom stereocenters. The van der Waals surface area contributed by atoms with Crippen LogP contribution in [0.25, 0.3) is 11.0 Å². The topological polar surface area (TPSA) is 68.9 Å². The summed E-state index contributed by atoms with van der Waals surface area (Å²) in [4.78, 5) is 16.5. The van der Waals surface area contributed by atoms with Crippen molar-refractivity contribution in [3.63, 3.8) is 0 Å². The molecule has 3 rings (SSSR count). The van der Waals surface area contributed by atoms with E-state index >= 15 is 0 Å². The van der Waals surface area contributed by atoms with E-state index < -0.39 is 6.10 Å². The highest BCUT2D eigenvalue weighted by atomic mass is 19.1. The Balaban J connectivity index is 2.04. The molecule has 0 fully saturated rings. The highest BCUT2D eigenvalue weighted by molar-refractivity contribution is 5.75. The number of hydrogen-bond acceptors (Lipinski definition) is 2. The van der Waals surface area contributed by atoms with E-state index in [-0.39, 0.29) is 11.5 Å². The molecule has 0 bridgehead atoms. The molecule has 0 spiro atoms. The molecule has 0 saturated heterocycles. The van der Waals surface area contributed by atoms with E-state index in [0.717, 1.165) is 0 Å². The molecule has 2 aromatic carbocycles.